The molecule has 2 N–H and O–H groups in total. The lowest BCUT2D eigenvalue weighted by Crippen LogP contribution is -2.15. The van der Waals surface area contributed by atoms with Crippen molar-refractivity contribution in [1.29, 1.82) is 0 Å². The Balaban J connectivity index is 2.10. The predicted molar refractivity (Wildman–Crippen MR) is 67.4 cm³/mol. The molecule has 0 radical (unpaired) electrons. The number of phenols is 1. The lowest BCUT2D eigenvalue weighted by atomic mass is 10.2. The summed E-state index contributed by atoms with van der Waals surface area (Å²) in [6.45, 7) is 4.07. The Bertz CT molecular complexity index is 278. The van der Waals surface area contributed by atoms with Crippen molar-refractivity contribution in [2.75, 3.05) is 18.1 Å². The van der Waals surface area contributed by atoms with Gasteiger partial charge in [-0.05, 0) is 42.2 Å². The monoisotopic (exact) mass is 225 g/mol. The van der Waals surface area contributed by atoms with E-state index in [0.717, 1.165) is 18.7 Å². The molecule has 1 aromatic carbocycles. The van der Waals surface area contributed by atoms with Crippen molar-refractivity contribution in [2.24, 2.45) is 0 Å². The van der Waals surface area contributed by atoms with Gasteiger partial charge in [0, 0.05) is 6.54 Å². The van der Waals surface area contributed by atoms with Crippen molar-refractivity contribution in [2.45, 2.75) is 19.9 Å². The average molecular weight is 225 g/mol. The van der Waals surface area contributed by atoms with Gasteiger partial charge in [0.15, 0.2) is 0 Å². The fraction of sp³-hybridized carbons (Fsp3) is 0.500. The number of nitrogens with one attached hydrogen (secondary N) is 1. The topological polar surface area (TPSA) is 32.3 Å². The molecule has 0 atom stereocenters. The second-order valence-corrected chi connectivity index (χ2v) is 4.79. The highest BCUT2D eigenvalue weighted by molar-refractivity contribution is 7.99. The second kappa shape index (κ2) is 7.60. The highest BCUT2D eigenvalue weighted by Crippen LogP contribution is 2.10. The summed E-state index contributed by atoms with van der Waals surface area (Å²) in [6.07, 6.45) is 1.21. The summed E-state index contributed by atoms with van der Waals surface area (Å²) in [6, 6.07) is 7.39. The van der Waals surface area contributed by atoms with E-state index in [4.69, 9.17) is 0 Å². The molecule has 15 heavy (non-hydrogen) atoms. The van der Waals surface area contributed by atoms with Gasteiger partial charge in [-0.15, -0.1) is 0 Å². The van der Waals surface area contributed by atoms with E-state index in [1.54, 1.807) is 12.1 Å². The molecular weight excluding hydrogens is 206 g/mol. The highest BCUT2D eigenvalue weighted by Gasteiger charge is 1.93. The van der Waals surface area contributed by atoms with Crippen LogP contribution in [0.4, 0.5) is 0 Å². The molecule has 0 bridgehead atoms. The van der Waals surface area contributed by atoms with Crippen molar-refractivity contribution in [3.63, 3.8) is 0 Å². The molecule has 0 spiro atoms. The lowest BCUT2D eigenvalue weighted by Gasteiger charge is -2.04. The van der Waals surface area contributed by atoms with E-state index in [2.05, 4.69) is 12.2 Å². The van der Waals surface area contributed by atoms with Gasteiger partial charge in [0.25, 0.3) is 0 Å². The first-order valence-electron chi connectivity index (χ1n) is 5.39. The molecule has 1 aromatic rings. The first-order valence-corrected chi connectivity index (χ1v) is 6.54. The summed E-state index contributed by atoms with van der Waals surface area (Å²) < 4.78 is 0. The molecule has 0 heterocycles. The maximum absolute atomic E-state index is 9.25. The number of benzene rings is 1. The van der Waals surface area contributed by atoms with Crippen molar-refractivity contribution in [3.05, 3.63) is 29.8 Å². The molecule has 0 saturated carbocycles. The highest BCUT2D eigenvalue weighted by atomic mass is 32.2. The summed E-state index contributed by atoms with van der Waals surface area (Å²) in [5.74, 6) is 2.77. The van der Waals surface area contributed by atoms with Crippen LogP contribution in [-0.2, 0) is 6.54 Å². The normalized spacial score (nSPS) is 10.5. The Labute approximate surface area is 96.1 Å². The number of hydrogen-bond donors (Lipinski definition) is 2. The zero-order chi connectivity index (χ0) is 10.9. The number of aromatic hydroxyl groups is 1. The summed E-state index contributed by atoms with van der Waals surface area (Å²) >= 11 is 1.98. The average Bonchev–Trinajstić information content (AvgIpc) is 2.23. The Morgan fingerprint density at radius 1 is 1.40 bits per heavy atom. The molecule has 3 heteroatoms. The minimum atomic E-state index is 0.343. The van der Waals surface area contributed by atoms with Gasteiger partial charge >= 0.3 is 0 Å². The quantitative estimate of drug-likeness (QED) is 0.700. The number of hydrogen-bond acceptors (Lipinski definition) is 3. The fourth-order valence-corrected chi connectivity index (χ4v) is 1.98. The molecule has 84 valence electrons. The van der Waals surface area contributed by atoms with Crippen molar-refractivity contribution >= 4 is 11.8 Å². The molecule has 0 aromatic heterocycles. The molecular formula is C12H19NOS. The van der Waals surface area contributed by atoms with Gasteiger partial charge in [-0.2, -0.15) is 11.8 Å². The van der Waals surface area contributed by atoms with Gasteiger partial charge in [0.1, 0.15) is 5.75 Å². The minimum Gasteiger partial charge on any atom is -0.508 e. The van der Waals surface area contributed by atoms with Gasteiger partial charge < -0.3 is 10.4 Å². The molecule has 0 amide bonds. The van der Waals surface area contributed by atoms with Crippen molar-refractivity contribution in [3.8, 4) is 5.75 Å². The third-order valence-corrected chi connectivity index (χ3v) is 3.07. The third kappa shape index (κ3) is 5.70. The zero-order valence-corrected chi connectivity index (χ0v) is 10.0. The minimum absolute atomic E-state index is 0.343. The van der Waals surface area contributed by atoms with E-state index >= 15 is 0 Å². The van der Waals surface area contributed by atoms with Gasteiger partial charge in [-0.1, -0.05) is 19.1 Å². The fourth-order valence-electron chi connectivity index (χ4n) is 1.34. The molecule has 0 unspecified atom stereocenters. The molecule has 0 fully saturated rings. The smallest absolute Gasteiger partial charge is 0.115 e. The van der Waals surface area contributed by atoms with Crippen molar-refractivity contribution in [1.82, 2.24) is 5.32 Å². The first-order chi connectivity index (χ1) is 7.33. The van der Waals surface area contributed by atoms with Crippen LogP contribution < -0.4 is 5.32 Å². The molecule has 0 aliphatic carbocycles. The molecule has 0 aliphatic heterocycles. The Morgan fingerprint density at radius 2 is 2.27 bits per heavy atom. The van der Waals surface area contributed by atoms with Crippen LogP contribution in [0.3, 0.4) is 0 Å². The largest absolute Gasteiger partial charge is 0.508 e. The number of thioether (sulfide) groups is 1. The molecule has 0 aliphatic rings. The van der Waals surface area contributed by atoms with Crippen LogP contribution in [0, 0.1) is 0 Å². The zero-order valence-electron chi connectivity index (χ0n) is 9.20. The van der Waals surface area contributed by atoms with E-state index in [9.17, 15) is 5.11 Å². The SMILES string of the molecule is CCSCCCNCc1cccc(O)c1. The molecule has 2 nitrogen and oxygen atoms in total. The van der Waals surface area contributed by atoms with E-state index < -0.39 is 0 Å². The van der Waals surface area contributed by atoms with Gasteiger partial charge in [0.2, 0.25) is 0 Å². The summed E-state index contributed by atoms with van der Waals surface area (Å²) in [7, 11) is 0. The van der Waals surface area contributed by atoms with E-state index in [1.165, 1.54) is 17.9 Å². The van der Waals surface area contributed by atoms with Crippen LogP contribution in [0.2, 0.25) is 0 Å². The van der Waals surface area contributed by atoms with Crippen LogP contribution in [-0.4, -0.2) is 23.2 Å². The maximum Gasteiger partial charge on any atom is 0.115 e. The van der Waals surface area contributed by atoms with Gasteiger partial charge in [-0.25, -0.2) is 0 Å². The maximum atomic E-state index is 9.25. The van der Waals surface area contributed by atoms with Gasteiger partial charge in [-0.3, -0.25) is 0 Å². The Morgan fingerprint density at radius 3 is 3.00 bits per heavy atom. The van der Waals surface area contributed by atoms with Crippen LogP contribution in [0.1, 0.15) is 18.9 Å². The molecule has 0 saturated heterocycles. The van der Waals surface area contributed by atoms with E-state index in [1.807, 2.05) is 23.9 Å². The standard InChI is InChI=1S/C12H19NOS/c1-2-15-8-4-7-13-10-11-5-3-6-12(14)9-11/h3,5-6,9,13-14H,2,4,7-8,10H2,1H3. The Hall–Kier alpha value is -0.670. The number of rotatable bonds is 7. The van der Waals surface area contributed by atoms with Crippen LogP contribution in [0.15, 0.2) is 24.3 Å². The number of phenolic OH excluding ortho intramolecular Hbond substituents is 1. The second-order valence-electron chi connectivity index (χ2n) is 3.40. The van der Waals surface area contributed by atoms with Crippen LogP contribution in [0.5, 0.6) is 5.75 Å². The Kier molecular flexibility index (Phi) is 6.28. The van der Waals surface area contributed by atoms with Gasteiger partial charge in [0.05, 0.1) is 0 Å². The lowest BCUT2D eigenvalue weighted by molar-refractivity contribution is 0.474. The first kappa shape index (κ1) is 12.4. The molecule has 1 rings (SSSR count). The van der Waals surface area contributed by atoms with Crippen LogP contribution >= 0.6 is 11.8 Å². The predicted octanol–water partition coefficient (Wildman–Crippen LogP) is 2.63. The van der Waals surface area contributed by atoms with Crippen molar-refractivity contribution < 1.29 is 5.11 Å². The summed E-state index contributed by atoms with van der Waals surface area (Å²) in [5, 5.41) is 12.6. The van der Waals surface area contributed by atoms with E-state index in [-0.39, 0.29) is 0 Å². The van der Waals surface area contributed by atoms with Crippen LogP contribution in [0.25, 0.3) is 0 Å². The third-order valence-electron chi connectivity index (χ3n) is 2.09. The summed E-state index contributed by atoms with van der Waals surface area (Å²) in [5.41, 5.74) is 1.14. The van der Waals surface area contributed by atoms with E-state index in [0.29, 0.717) is 5.75 Å². The summed E-state index contributed by atoms with van der Waals surface area (Å²) in [4.78, 5) is 0.